The van der Waals surface area contributed by atoms with E-state index in [4.69, 9.17) is 0 Å². The van der Waals surface area contributed by atoms with Crippen LogP contribution in [0.1, 0.15) is 10.5 Å². The number of rotatable bonds is 4. The van der Waals surface area contributed by atoms with E-state index in [0.717, 1.165) is 11.8 Å². The number of benzene rings is 1. The van der Waals surface area contributed by atoms with Crippen molar-refractivity contribution in [3.8, 4) is 0 Å². The molecule has 110 valence electrons. The molecule has 3 rings (SSSR count). The molecule has 0 fully saturated rings. The maximum atomic E-state index is 11.4. The van der Waals surface area contributed by atoms with Crippen LogP contribution in [-0.2, 0) is 0 Å². The van der Waals surface area contributed by atoms with Gasteiger partial charge in [-0.3, -0.25) is 15.1 Å². The average Bonchev–Trinajstić information content (AvgIpc) is 2.87. The molecule has 3 aromatic rings. The van der Waals surface area contributed by atoms with Gasteiger partial charge in [0.1, 0.15) is 11.2 Å². The number of hydrogen-bond acceptors (Lipinski definition) is 5. The number of carbonyl (C=O) groups is 1. The Morgan fingerprint density at radius 3 is 2.86 bits per heavy atom. The number of hydrogen-bond donors (Lipinski definition) is 2. The number of H-pyrrole nitrogens is 1. The lowest BCUT2D eigenvalue weighted by Crippen LogP contribution is -1.98. The first-order valence-corrected chi connectivity index (χ1v) is 7.00. The highest BCUT2D eigenvalue weighted by molar-refractivity contribution is 7.99. The number of carboxylic acids is 1. The molecule has 0 saturated heterocycles. The molecule has 2 aromatic heterocycles. The zero-order valence-electron chi connectivity index (χ0n) is 11.0. The predicted octanol–water partition coefficient (Wildman–Crippen LogP) is 3.32. The molecule has 22 heavy (non-hydrogen) atoms. The number of nitro groups is 1. The summed E-state index contributed by atoms with van der Waals surface area (Å²) in [4.78, 5) is 29.7. The maximum absolute atomic E-state index is 11.4. The number of non-ortho nitro benzene ring substituents is 1. The molecule has 7 nitrogen and oxygen atoms in total. The fraction of sp³-hybridized carbons (Fsp3) is 0. The molecule has 0 bridgehead atoms. The minimum absolute atomic E-state index is 0.0187. The summed E-state index contributed by atoms with van der Waals surface area (Å²) in [7, 11) is 0. The first kappa shape index (κ1) is 14.1. The molecule has 0 aliphatic heterocycles. The SMILES string of the molecule is O=C(O)c1[nH]c2cccnc2c1Sc1cccc([N+](=O)[O-])c1. The Bertz CT molecular complexity index is 891. The molecule has 0 aliphatic rings. The topological polar surface area (TPSA) is 109 Å². The molecule has 0 atom stereocenters. The Balaban J connectivity index is 2.10. The maximum Gasteiger partial charge on any atom is 0.353 e. The van der Waals surface area contributed by atoms with Gasteiger partial charge in [0.2, 0.25) is 0 Å². The van der Waals surface area contributed by atoms with E-state index >= 15 is 0 Å². The Kier molecular flexibility index (Phi) is 3.51. The van der Waals surface area contributed by atoms with Gasteiger partial charge in [-0.15, -0.1) is 0 Å². The Hall–Kier alpha value is -2.87. The van der Waals surface area contributed by atoms with Crippen molar-refractivity contribution in [2.45, 2.75) is 9.79 Å². The van der Waals surface area contributed by atoms with E-state index < -0.39 is 10.9 Å². The van der Waals surface area contributed by atoms with Crippen molar-refractivity contribution in [1.29, 1.82) is 0 Å². The molecule has 8 heteroatoms. The highest BCUT2D eigenvalue weighted by atomic mass is 32.2. The molecule has 1 aromatic carbocycles. The second kappa shape index (κ2) is 5.49. The molecular weight excluding hydrogens is 306 g/mol. The van der Waals surface area contributed by atoms with Crippen molar-refractivity contribution in [3.63, 3.8) is 0 Å². The number of aromatic nitrogens is 2. The second-order valence-corrected chi connectivity index (χ2v) is 5.47. The van der Waals surface area contributed by atoms with Crippen LogP contribution in [-0.4, -0.2) is 26.0 Å². The quantitative estimate of drug-likeness (QED) is 0.564. The zero-order chi connectivity index (χ0) is 15.7. The van der Waals surface area contributed by atoms with Crippen LogP contribution in [0.5, 0.6) is 0 Å². The number of pyridine rings is 1. The van der Waals surface area contributed by atoms with Gasteiger partial charge >= 0.3 is 5.97 Å². The first-order valence-electron chi connectivity index (χ1n) is 6.18. The monoisotopic (exact) mass is 315 g/mol. The lowest BCUT2D eigenvalue weighted by Gasteiger charge is -2.01. The van der Waals surface area contributed by atoms with E-state index in [9.17, 15) is 20.0 Å². The number of fused-ring (bicyclic) bond motifs is 1. The summed E-state index contributed by atoms with van der Waals surface area (Å²) in [6.07, 6.45) is 1.57. The molecule has 2 N–H and O–H groups in total. The van der Waals surface area contributed by atoms with Gasteiger partial charge in [-0.2, -0.15) is 0 Å². The Morgan fingerprint density at radius 1 is 1.32 bits per heavy atom. The third-order valence-corrected chi connectivity index (χ3v) is 4.06. The van der Waals surface area contributed by atoms with Crippen LogP contribution < -0.4 is 0 Å². The first-order chi connectivity index (χ1) is 10.6. The van der Waals surface area contributed by atoms with Crippen molar-refractivity contribution in [2.75, 3.05) is 0 Å². The van der Waals surface area contributed by atoms with Crippen LogP contribution >= 0.6 is 11.8 Å². The molecule has 0 spiro atoms. The smallest absolute Gasteiger partial charge is 0.353 e. The third-order valence-electron chi connectivity index (χ3n) is 2.97. The lowest BCUT2D eigenvalue weighted by molar-refractivity contribution is -0.385. The van der Waals surface area contributed by atoms with E-state index in [1.807, 2.05) is 0 Å². The minimum Gasteiger partial charge on any atom is -0.477 e. The summed E-state index contributed by atoms with van der Waals surface area (Å²) in [5, 5.41) is 20.1. The van der Waals surface area contributed by atoms with Crippen molar-refractivity contribution < 1.29 is 14.8 Å². The Labute approximate surface area is 128 Å². The van der Waals surface area contributed by atoms with Crippen LogP contribution in [0.4, 0.5) is 5.69 Å². The van der Waals surface area contributed by atoms with Crippen molar-refractivity contribution in [2.24, 2.45) is 0 Å². The van der Waals surface area contributed by atoms with Crippen LogP contribution in [0.3, 0.4) is 0 Å². The predicted molar refractivity (Wildman–Crippen MR) is 80.3 cm³/mol. The van der Waals surface area contributed by atoms with Crippen molar-refractivity contribution in [3.05, 3.63) is 58.4 Å². The minimum atomic E-state index is -1.11. The number of aromatic amines is 1. The fourth-order valence-corrected chi connectivity index (χ4v) is 3.09. The van der Waals surface area contributed by atoms with E-state index in [1.165, 1.54) is 12.1 Å². The standard InChI is InChI=1S/C14H9N3O4S/c18-14(19)12-13(11-10(16-12)5-2-6-15-11)22-9-4-1-3-8(7-9)17(20)21/h1-7,16H,(H,18,19). The van der Waals surface area contributed by atoms with Gasteiger partial charge in [-0.25, -0.2) is 4.79 Å². The summed E-state index contributed by atoms with van der Waals surface area (Å²) in [6.45, 7) is 0. The summed E-state index contributed by atoms with van der Waals surface area (Å²) < 4.78 is 0. The van der Waals surface area contributed by atoms with Gasteiger partial charge in [0.15, 0.2) is 0 Å². The largest absolute Gasteiger partial charge is 0.477 e. The van der Waals surface area contributed by atoms with E-state index in [2.05, 4.69) is 9.97 Å². The number of nitrogens with one attached hydrogen (secondary N) is 1. The molecule has 0 radical (unpaired) electrons. The molecular formula is C14H9N3O4S. The summed E-state index contributed by atoms with van der Waals surface area (Å²) >= 11 is 1.13. The normalized spacial score (nSPS) is 10.7. The van der Waals surface area contributed by atoms with E-state index in [-0.39, 0.29) is 11.4 Å². The van der Waals surface area contributed by atoms with Gasteiger partial charge in [0.25, 0.3) is 5.69 Å². The Morgan fingerprint density at radius 2 is 2.14 bits per heavy atom. The van der Waals surface area contributed by atoms with Gasteiger partial charge in [0.05, 0.1) is 15.3 Å². The molecule has 2 heterocycles. The van der Waals surface area contributed by atoms with Crippen LogP contribution in [0.15, 0.2) is 52.4 Å². The summed E-state index contributed by atoms with van der Waals surface area (Å²) in [5.41, 5.74) is 1.10. The molecule has 0 amide bonds. The second-order valence-electron chi connectivity index (χ2n) is 4.39. The van der Waals surface area contributed by atoms with Gasteiger partial charge < -0.3 is 10.1 Å². The number of nitro benzene ring substituents is 1. The third kappa shape index (κ3) is 2.51. The van der Waals surface area contributed by atoms with Gasteiger partial charge in [-0.1, -0.05) is 17.8 Å². The highest BCUT2D eigenvalue weighted by Gasteiger charge is 2.19. The van der Waals surface area contributed by atoms with Gasteiger partial charge in [-0.05, 0) is 18.2 Å². The fourth-order valence-electron chi connectivity index (χ4n) is 2.03. The highest BCUT2D eigenvalue weighted by Crippen LogP contribution is 2.36. The van der Waals surface area contributed by atoms with Crippen LogP contribution in [0, 0.1) is 10.1 Å². The summed E-state index contributed by atoms with van der Waals surface area (Å²) in [5.74, 6) is -1.11. The van der Waals surface area contributed by atoms with Gasteiger partial charge in [0, 0.05) is 23.2 Å². The molecule has 0 aliphatic carbocycles. The van der Waals surface area contributed by atoms with E-state index in [0.29, 0.717) is 20.8 Å². The van der Waals surface area contributed by atoms with Crippen molar-refractivity contribution >= 4 is 34.5 Å². The number of nitrogens with zero attached hydrogens (tertiary/aromatic N) is 2. The van der Waals surface area contributed by atoms with Crippen molar-refractivity contribution in [1.82, 2.24) is 9.97 Å². The number of aromatic carboxylic acids is 1. The average molecular weight is 315 g/mol. The number of carboxylic acid groups (broad SMARTS) is 1. The van der Waals surface area contributed by atoms with E-state index in [1.54, 1.807) is 30.5 Å². The summed E-state index contributed by atoms with van der Waals surface area (Å²) in [6, 6.07) is 9.46. The lowest BCUT2D eigenvalue weighted by atomic mass is 10.3. The molecule has 0 unspecified atom stereocenters. The van der Waals surface area contributed by atoms with Crippen LogP contribution in [0.25, 0.3) is 11.0 Å². The van der Waals surface area contributed by atoms with Crippen LogP contribution in [0.2, 0.25) is 0 Å². The molecule has 0 saturated carbocycles. The zero-order valence-corrected chi connectivity index (χ0v) is 11.8.